The van der Waals surface area contributed by atoms with Crippen LogP contribution in [0.25, 0.3) is 0 Å². The summed E-state index contributed by atoms with van der Waals surface area (Å²) in [6.45, 7) is 5.72. The van der Waals surface area contributed by atoms with Crippen molar-refractivity contribution in [3.63, 3.8) is 0 Å². The van der Waals surface area contributed by atoms with Crippen molar-refractivity contribution in [3.05, 3.63) is 95.8 Å². The molecule has 9 heteroatoms. The molecule has 0 heterocycles. The maximum Gasteiger partial charge on any atom is 0.264 e. The second-order valence-corrected chi connectivity index (χ2v) is 10.9. The minimum atomic E-state index is -4.18. The number of benzene rings is 3. The molecule has 0 bridgehead atoms. The second-order valence-electron chi connectivity index (χ2n) is 9.02. The van der Waals surface area contributed by atoms with Gasteiger partial charge in [0, 0.05) is 13.1 Å². The van der Waals surface area contributed by atoms with Gasteiger partial charge in [-0.2, -0.15) is 0 Å². The quantitative estimate of drug-likeness (QED) is 0.363. The third kappa shape index (κ3) is 7.19. The van der Waals surface area contributed by atoms with Crippen LogP contribution in [0.4, 0.5) is 10.1 Å². The molecule has 202 valence electrons. The van der Waals surface area contributed by atoms with E-state index in [-0.39, 0.29) is 23.0 Å². The van der Waals surface area contributed by atoms with Crippen LogP contribution in [0.2, 0.25) is 0 Å². The first-order valence-electron chi connectivity index (χ1n) is 12.6. The van der Waals surface area contributed by atoms with Crippen molar-refractivity contribution in [3.8, 4) is 0 Å². The number of rotatable bonds is 12. The van der Waals surface area contributed by atoms with E-state index < -0.39 is 34.3 Å². The molecule has 0 fully saturated rings. The van der Waals surface area contributed by atoms with E-state index in [1.165, 1.54) is 29.2 Å². The third-order valence-electron chi connectivity index (χ3n) is 6.13. The number of sulfonamides is 1. The van der Waals surface area contributed by atoms with Gasteiger partial charge >= 0.3 is 0 Å². The number of nitrogens with one attached hydrogen (secondary N) is 1. The Morgan fingerprint density at radius 3 is 2.13 bits per heavy atom. The molecule has 0 aliphatic carbocycles. The summed E-state index contributed by atoms with van der Waals surface area (Å²) in [5, 5.41) is 2.85. The van der Waals surface area contributed by atoms with Crippen LogP contribution in [-0.4, -0.2) is 44.3 Å². The first-order chi connectivity index (χ1) is 18.2. The number of nitrogens with zero attached hydrogens (tertiary/aromatic N) is 2. The van der Waals surface area contributed by atoms with Gasteiger partial charge in [0.2, 0.25) is 11.8 Å². The summed E-state index contributed by atoms with van der Waals surface area (Å²) in [6.07, 6.45) is 1.08. The lowest BCUT2D eigenvalue weighted by molar-refractivity contribution is -0.140. The lowest BCUT2D eigenvalue weighted by Crippen LogP contribution is -2.52. The van der Waals surface area contributed by atoms with E-state index in [9.17, 15) is 22.4 Å². The third-order valence-corrected chi connectivity index (χ3v) is 7.92. The lowest BCUT2D eigenvalue weighted by Gasteiger charge is -2.33. The van der Waals surface area contributed by atoms with Gasteiger partial charge in [0.1, 0.15) is 18.4 Å². The predicted octanol–water partition coefficient (Wildman–Crippen LogP) is 4.66. The van der Waals surface area contributed by atoms with Crippen LogP contribution in [0.5, 0.6) is 0 Å². The molecule has 0 radical (unpaired) electrons. The number of halogens is 1. The smallest absolute Gasteiger partial charge is 0.264 e. The topological polar surface area (TPSA) is 86.8 Å². The fraction of sp³-hybridized carbons (Fsp3) is 0.310. The average Bonchev–Trinajstić information content (AvgIpc) is 2.92. The molecule has 0 spiro atoms. The first-order valence-corrected chi connectivity index (χ1v) is 14.1. The van der Waals surface area contributed by atoms with Gasteiger partial charge in [-0.3, -0.25) is 13.9 Å². The highest BCUT2D eigenvalue weighted by molar-refractivity contribution is 7.92. The summed E-state index contributed by atoms with van der Waals surface area (Å²) >= 11 is 0. The Labute approximate surface area is 224 Å². The molecule has 0 aromatic heterocycles. The Balaban J connectivity index is 2.02. The van der Waals surface area contributed by atoms with E-state index in [1.54, 1.807) is 18.2 Å². The molecule has 0 unspecified atom stereocenters. The molecule has 2 amide bonds. The molecule has 3 rings (SSSR count). The van der Waals surface area contributed by atoms with Gasteiger partial charge in [0.15, 0.2) is 0 Å². The largest absolute Gasteiger partial charge is 0.354 e. The Morgan fingerprint density at radius 2 is 1.55 bits per heavy atom. The highest BCUT2D eigenvalue weighted by Crippen LogP contribution is 2.25. The Bertz CT molecular complexity index is 1310. The molecule has 7 nitrogen and oxygen atoms in total. The number of amides is 2. The van der Waals surface area contributed by atoms with Crippen molar-refractivity contribution in [2.24, 2.45) is 0 Å². The van der Waals surface area contributed by atoms with E-state index >= 15 is 0 Å². The number of hydrogen-bond acceptors (Lipinski definition) is 4. The number of anilines is 1. The molecule has 0 saturated carbocycles. The molecule has 3 aromatic carbocycles. The normalized spacial score (nSPS) is 12.0. The van der Waals surface area contributed by atoms with Crippen molar-refractivity contribution in [1.82, 2.24) is 10.2 Å². The molecule has 1 atom stereocenters. The van der Waals surface area contributed by atoms with Crippen LogP contribution in [0.3, 0.4) is 0 Å². The number of hydrogen-bond donors (Lipinski definition) is 1. The highest BCUT2D eigenvalue weighted by atomic mass is 32.2. The number of carbonyl (C=O) groups excluding carboxylic acids is 2. The number of aryl methyl sites for hydroxylation is 1. The Hall–Kier alpha value is -3.72. The maximum absolute atomic E-state index is 13.9. The van der Waals surface area contributed by atoms with E-state index in [4.69, 9.17) is 0 Å². The minimum Gasteiger partial charge on any atom is -0.354 e. The molecule has 3 aromatic rings. The van der Waals surface area contributed by atoms with Crippen molar-refractivity contribution >= 4 is 27.5 Å². The van der Waals surface area contributed by atoms with Crippen LogP contribution in [0.15, 0.2) is 83.8 Å². The van der Waals surface area contributed by atoms with E-state index in [2.05, 4.69) is 5.32 Å². The van der Waals surface area contributed by atoms with E-state index in [0.717, 1.165) is 34.0 Å². The number of carbonyl (C=O) groups is 2. The van der Waals surface area contributed by atoms with Crippen LogP contribution >= 0.6 is 0 Å². The molecule has 0 saturated heterocycles. The molecule has 0 aliphatic rings. The van der Waals surface area contributed by atoms with E-state index in [0.29, 0.717) is 13.0 Å². The summed E-state index contributed by atoms with van der Waals surface area (Å²) in [5.74, 6) is -1.38. The molecule has 38 heavy (non-hydrogen) atoms. The monoisotopic (exact) mass is 539 g/mol. The highest BCUT2D eigenvalue weighted by Gasteiger charge is 2.33. The van der Waals surface area contributed by atoms with Crippen molar-refractivity contribution in [1.29, 1.82) is 0 Å². The summed E-state index contributed by atoms with van der Waals surface area (Å²) in [4.78, 5) is 28.4. The standard InChI is InChI=1S/C29H34FN3O4S/c1-4-19-31-29(35)27(5-2)32(20-23-13-11-22(3)12-14-23)28(34)21-33(25-17-15-24(30)16-18-25)38(36,37)26-9-7-6-8-10-26/h6-18,27H,4-5,19-21H2,1-3H3,(H,31,35)/t27-/m0/s1. The van der Waals surface area contributed by atoms with Crippen molar-refractivity contribution < 1.29 is 22.4 Å². The fourth-order valence-electron chi connectivity index (χ4n) is 4.03. The van der Waals surface area contributed by atoms with Gasteiger partial charge in [-0.1, -0.05) is 61.9 Å². The first kappa shape index (κ1) is 28.8. The summed E-state index contributed by atoms with van der Waals surface area (Å²) < 4.78 is 42.0. The van der Waals surface area contributed by atoms with Gasteiger partial charge in [-0.25, -0.2) is 12.8 Å². The maximum atomic E-state index is 13.9. The second kappa shape index (κ2) is 13.2. The minimum absolute atomic E-state index is 0.00469. The van der Waals surface area contributed by atoms with Crippen LogP contribution < -0.4 is 9.62 Å². The zero-order valence-electron chi connectivity index (χ0n) is 21.9. The fourth-order valence-corrected chi connectivity index (χ4v) is 5.47. The molecule has 0 aliphatic heterocycles. The zero-order chi connectivity index (χ0) is 27.7. The summed E-state index contributed by atoms with van der Waals surface area (Å²) in [5.41, 5.74) is 2.00. The van der Waals surface area contributed by atoms with Gasteiger partial charge in [0.25, 0.3) is 10.0 Å². The summed E-state index contributed by atoms with van der Waals surface area (Å²) in [7, 11) is -4.18. The Morgan fingerprint density at radius 1 is 0.921 bits per heavy atom. The zero-order valence-corrected chi connectivity index (χ0v) is 22.7. The van der Waals surface area contributed by atoms with Crippen LogP contribution in [-0.2, 0) is 26.2 Å². The summed E-state index contributed by atoms with van der Waals surface area (Å²) in [6, 6.07) is 19.5. The molecular weight excluding hydrogens is 505 g/mol. The SMILES string of the molecule is CCCNC(=O)[C@H](CC)N(Cc1ccc(C)cc1)C(=O)CN(c1ccc(F)cc1)S(=O)(=O)c1ccccc1. The van der Waals surface area contributed by atoms with Crippen LogP contribution in [0.1, 0.15) is 37.8 Å². The Kier molecular flexibility index (Phi) is 10.0. The van der Waals surface area contributed by atoms with Gasteiger partial charge in [-0.15, -0.1) is 0 Å². The molecular formula is C29H34FN3O4S. The predicted molar refractivity (Wildman–Crippen MR) is 146 cm³/mol. The van der Waals surface area contributed by atoms with Crippen molar-refractivity contribution in [2.45, 2.75) is 51.1 Å². The van der Waals surface area contributed by atoms with Crippen LogP contribution in [0, 0.1) is 12.7 Å². The average molecular weight is 540 g/mol. The lowest BCUT2D eigenvalue weighted by atomic mass is 10.1. The molecule has 1 N–H and O–H groups in total. The van der Waals surface area contributed by atoms with E-state index in [1.807, 2.05) is 45.0 Å². The van der Waals surface area contributed by atoms with Gasteiger partial charge in [-0.05, 0) is 61.7 Å². The van der Waals surface area contributed by atoms with Gasteiger partial charge in [0.05, 0.1) is 10.6 Å². The van der Waals surface area contributed by atoms with Gasteiger partial charge < -0.3 is 10.2 Å². The van der Waals surface area contributed by atoms with Crippen molar-refractivity contribution in [2.75, 3.05) is 17.4 Å².